The average molecular weight is 351 g/mol. The molecule has 0 spiro atoms. The number of hydrogen-bond acceptors (Lipinski definition) is 4. The number of ether oxygens (including phenoxy) is 2. The molecule has 26 heavy (non-hydrogen) atoms. The number of carbonyl (C=O) groups is 2. The molecule has 0 bridgehead atoms. The number of methoxy groups -OCH3 is 1. The highest BCUT2D eigenvalue weighted by atomic mass is 16.5. The van der Waals surface area contributed by atoms with Crippen molar-refractivity contribution in [3.63, 3.8) is 0 Å². The Kier molecular flexibility index (Phi) is 3.75. The Morgan fingerprint density at radius 3 is 2.77 bits per heavy atom. The number of amides is 1. The van der Waals surface area contributed by atoms with E-state index in [1.54, 1.807) is 32.0 Å². The molecule has 134 valence electrons. The molecule has 0 radical (unpaired) electrons. The van der Waals surface area contributed by atoms with Crippen molar-refractivity contribution in [1.82, 2.24) is 4.90 Å². The van der Waals surface area contributed by atoms with Crippen molar-refractivity contribution in [3.8, 4) is 5.75 Å². The van der Waals surface area contributed by atoms with Gasteiger partial charge in [-0.1, -0.05) is 24.3 Å². The van der Waals surface area contributed by atoms with Crippen LogP contribution in [0.1, 0.15) is 40.0 Å². The molecule has 1 aliphatic heterocycles. The largest absolute Gasteiger partial charge is 0.497 e. The van der Waals surface area contributed by atoms with Gasteiger partial charge in [0.2, 0.25) is 0 Å². The molecule has 5 heteroatoms. The van der Waals surface area contributed by atoms with E-state index in [1.165, 1.54) is 0 Å². The van der Waals surface area contributed by atoms with Crippen LogP contribution in [-0.4, -0.2) is 37.5 Å². The van der Waals surface area contributed by atoms with E-state index < -0.39 is 5.41 Å². The van der Waals surface area contributed by atoms with Gasteiger partial charge < -0.3 is 14.4 Å². The Morgan fingerprint density at radius 1 is 1.27 bits per heavy atom. The second-order valence-electron chi connectivity index (χ2n) is 6.80. The summed E-state index contributed by atoms with van der Waals surface area (Å²) in [6, 6.07) is 12.8. The second-order valence-corrected chi connectivity index (χ2v) is 6.80. The number of nitrogens with zero attached hydrogens (tertiary/aromatic N) is 1. The molecule has 1 heterocycles. The van der Waals surface area contributed by atoms with E-state index >= 15 is 0 Å². The molecule has 2 aromatic carbocycles. The maximum absolute atomic E-state index is 13.2. The molecular formula is C21H21NO4. The summed E-state index contributed by atoms with van der Waals surface area (Å²) in [6.45, 7) is 2.10. The van der Waals surface area contributed by atoms with E-state index in [-0.39, 0.29) is 17.9 Å². The summed E-state index contributed by atoms with van der Waals surface area (Å²) in [5.74, 6) is 0.379. The lowest BCUT2D eigenvalue weighted by molar-refractivity contribution is -0.152. The first-order valence-electron chi connectivity index (χ1n) is 8.75. The average Bonchev–Trinajstić information content (AvgIpc) is 3.02. The highest BCUT2D eigenvalue weighted by molar-refractivity contribution is 6.02. The Balaban J connectivity index is 2.00. The molecule has 1 amide bonds. The highest BCUT2D eigenvalue weighted by Crippen LogP contribution is 2.55. The Bertz CT molecular complexity index is 907. The molecule has 0 unspecified atom stereocenters. The molecule has 0 saturated carbocycles. The fourth-order valence-corrected chi connectivity index (χ4v) is 4.49. The first-order chi connectivity index (χ1) is 12.5. The number of fused-ring (bicyclic) bond motifs is 5. The molecule has 0 aromatic heterocycles. The predicted octanol–water partition coefficient (Wildman–Crippen LogP) is 2.88. The summed E-state index contributed by atoms with van der Waals surface area (Å²) in [6.07, 6.45) is 0.484. The highest BCUT2D eigenvalue weighted by Gasteiger charge is 2.60. The van der Waals surface area contributed by atoms with Gasteiger partial charge in [0, 0.05) is 12.6 Å². The van der Waals surface area contributed by atoms with E-state index in [1.807, 2.05) is 36.4 Å². The minimum absolute atomic E-state index is 0.0748. The van der Waals surface area contributed by atoms with Crippen LogP contribution in [0.2, 0.25) is 0 Å². The van der Waals surface area contributed by atoms with Gasteiger partial charge in [-0.2, -0.15) is 0 Å². The fourth-order valence-electron chi connectivity index (χ4n) is 4.49. The second kappa shape index (κ2) is 5.87. The van der Waals surface area contributed by atoms with E-state index in [0.717, 1.165) is 22.4 Å². The lowest BCUT2D eigenvalue weighted by Gasteiger charge is -2.44. The predicted molar refractivity (Wildman–Crippen MR) is 96.3 cm³/mol. The van der Waals surface area contributed by atoms with Crippen LogP contribution >= 0.6 is 0 Å². The standard InChI is InChI=1S/C21H21NO4/c1-4-26-20(24)21-12-13-11-14(25-3)9-10-15(13)18(21)22(2)19(23)16-7-5-6-8-17(16)21/h5-11,18H,4,12H2,1-3H3/t18-,21+/m1/s1. The van der Waals surface area contributed by atoms with E-state index in [9.17, 15) is 9.59 Å². The van der Waals surface area contributed by atoms with Gasteiger partial charge in [-0.3, -0.25) is 9.59 Å². The first-order valence-corrected chi connectivity index (χ1v) is 8.75. The SMILES string of the molecule is CCOC(=O)[C@]12Cc3cc(OC)ccc3[C@H]1N(C)C(=O)c1ccccc12. The van der Waals surface area contributed by atoms with E-state index in [2.05, 4.69) is 0 Å². The fraction of sp³-hybridized carbons (Fsp3) is 0.333. The van der Waals surface area contributed by atoms with Crippen molar-refractivity contribution in [1.29, 1.82) is 0 Å². The minimum atomic E-state index is -0.927. The van der Waals surface area contributed by atoms with Crippen LogP contribution in [-0.2, 0) is 21.4 Å². The zero-order chi connectivity index (χ0) is 18.5. The van der Waals surface area contributed by atoms with Crippen LogP contribution < -0.4 is 4.74 Å². The van der Waals surface area contributed by atoms with Crippen molar-refractivity contribution in [2.75, 3.05) is 20.8 Å². The molecule has 2 atom stereocenters. The van der Waals surface area contributed by atoms with Gasteiger partial charge in [0.1, 0.15) is 11.2 Å². The third kappa shape index (κ3) is 2.03. The molecule has 0 N–H and O–H groups in total. The van der Waals surface area contributed by atoms with Crippen LogP contribution in [0.3, 0.4) is 0 Å². The molecule has 5 nitrogen and oxygen atoms in total. The first kappa shape index (κ1) is 16.6. The molecule has 4 rings (SSSR count). The maximum atomic E-state index is 13.2. The summed E-state index contributed by atoms with van der Waals surface area (Å²) < 4.78 is 10.9. The molecule has 2 aliphatic rings. The number of esters is 1. The van der Waals surface area contributed by atoms with Gasteiger partial charge in [0.15, 0.2) is 0 Å². The van der Waals surface area contributed by atoms with Crippen molar-refractivity contribution < 1.29 is 19.1 Å². The van der Waals surface area contributed by atoms with E-state index in [4.69, 9.17) is 9.47 Å². The number of likely N-dealkylation sites (N-methyl/N-ethyl adjacent to an activating group) is 1. The maximum Gasteiger partial charge on any atom is 0.319 e. The van der Waals surface area contributed by atoms with Gasteiger partial charge in [-0.05, 0) is 48.2 Å². The summed E-state index contributed by atoms with van der Waals surface area (Å²) in [5.41, 5.74) is 2.38. The third-order valence-electron chi connectivity index (χ3n) is 5.57. The summed E-state index contributed by atoms with van der Waals surface area (Å²) in [7, 11) is 3.38. The summed E-state index contributed by atoms with van der Waals surface area (Å²) in [5, 5.41) is 0. The van der Waals surface area contributed by atoms with Gasteiger partial charge in [0.05, 0.1) is 19.8 Å². The normalized spacial score (nSPS) is 23.1. The third-order valence-corrected chi connectivity index (χ3v) is 5.57. The van der Waals surface area contributed by atoms with Crippen molar-refractivity contribution >= 4 is 11.9 Å². The van der Waals surface area contributed by atoms with Gasteiger partial charge in [-0.25, -0.2) is 0 Å². The van der Waals surface area contributed by atoms with Gasteiger partial charge in [-0.15, -0.1) is 0 Å². The van der Waals surface area contributed by atoms with Crippen molar-refractivity contribution in [2.24, 2.45) is 0 Å². The zero-order valence-corrected chi connectivity index (χ0v) is 15.1. The summed E-state index contributed by atoms with van der Waals surface area (Å²) >= 11 is 0. The topological polar surface area (TPSA) is 55.8 Å². The lowest BCUT2D eigenvalue weighted by atomic mass is 9.69. The molecule has 2 aromatic rings. The van der Waals surface area contributed by atoms with E-state index in [0.29, 0.717) is 18.6 Å². The Hall–Kier alpha value is -2.82. The Morgan fingerprint density at radius 2 is 2.04 bits per heavy atom. The van der Waals surface area contributed by atoms with Gasteiger partial charge in [0.25, 0.3) is 5.91 Å². The monoisotopic (exact) mass is 351 g/mol. The van der Waals surface area contributed by atoms with Crippen LogP contribution in [0.5, 0.6) is 5.75 Å². The lowest BCUT2D eigenvalue weighted by Crippen LogP contribution is -2.53. The molecule has 0 fully saturated rings. The number of rotatable bonds is 3. The van der Waals surface area contributed by atoms with Crippen molar-refractivity contribution in [2.45, 2.75) is 24.8 Å². The molecule has 1 aliphatic carbocycles. The van der Waals surface area contributed by atoms with Crippen LogP contribution in [0, 0.1) is 0 Å². The van der Waals surface area contributed by atoms with Crippen LogP contribution in [0.25, 0.3) is 0 Å². The summed E-state index contributed by atoms with van der Waals surface area (Å²) in [4.78, 5) is 27.9. The zero-order valence-electron chi connectivity index (χ0n) is 15.1. The van der Waals surface area contributed by atoms with Crippen molar-refractivity contribution in [3.05, 3.63) is 64.7 Å². The Labute approximate surface area is 152 Å². The van der Waals surface area contributed by atoms with Gasteiger partial charge >= 0.3 is 5.97 Å². The minimum Gasteiger partial charge on any atom is -0.497 e. The smallest absolute Gasteiger partial charge is 0.319 e. The van der Waals surface area contributed by atoms with Crippen LogP contribution in [0.4, 0.5) is 0 Å². The molecular weight excluding hydrogens is 330 g/mol. The number of hydrogen-bond donors (Lipinski definition) is 0. The van der Waals surface area contributed by atoms with Crippen LogP contribution in [0.15, 0.2) is 42.5 Å². The molecule has 0 saturated heterocycles. The number of carbonyl (C=O) groups excluding carboxylic acids is 2. The quantitative estimate of drug-likeness (QED) is 0.798. The number of benzene rings is 2.